The highest BCUT2D eigenvalue weighted by Gasteiger charge is 2.38. The standard InChI is InChI=1S/C14H16O3/c1-14(2)7-9(8-15)13(16)11-5-4-10(17-3)6-12(11)14/h4-6,8-9H,7H2,1-3H3. The largest absolute Gasteiger partial charge is 0.497 e. The highest BCUT2D eigenvalue weighted by atomic mass is 16.5. The normalized spacial score (nSPS) is 21.8. The van der Waals surface area contributed by atoms with E-state index in [1.165, 1.54) is 0 Å². The van der Waals surface area contributed by atoms with Crippen molar-refractivity contribution in [3.05, 3.63) is 29.3 Å². The molecular formula is C14H16O3. The molecule has 2 rings (SSSR count). The van der Waals surface area contributed by atoms with Crippen LogP contribution in [0.1, 0.15) is 36.2 Å². The highest BCUT2D eigenvalue weighted by molar-refractivity contribution is 6.07. The number of carbonyl (C=O) groups excluding carboxylic acids is 2. The van der Waals surface area contributed by atoms with Crippen molar-refractivity contribution in [2.45, 2.75) is 25.7 Å². The summed E-state index contributed by atoms with van der Waals surface area (Å²) in [5.41, 5.74) is 1.45. The lowest BCUT2D eigenvalue weighted by molar-refractivity contribution is -0.110. The van der Waals surface area contributed by atoms with Crippen LogP contribution in [-0.2, 0) is 10.2 Å². The molecule has 3 heteroatoms. The van der Waals surface area contributed by atoms with E-state index in [9.17, 15) is 9.59 Å². The van der Waals surface area contributed by atoms with E-state index >= 15 is 0 Å². The molecule has 1 aliphatic rings. The Bertz CT molecular complexity index is 474. The van der Waals surface area contributed by atoms with Crippen molar-refractivity contribution < 1.29 is 14.3 Å². The van der Waals surface area contributed by atoms with E-state index in [0.717, 1.165) is 17.6 Å². The lowest BCUT2D eigenvalue weighted by atomic mass is 9.68. The number of Topliss-reactive ketones (excluding diaryl/α,β-unsaturated/α-hetero) is 1. The van der Waals surface area contributed by atoms with Crippen LogP contribution in [0, 0.1) is 5.92 Å². The summed E-state index contributed by atoms with van der Waals surface area (Å²) >= 11 is 0. The second-order valence-corrected chi connectivity index (χ2v) is 5.11. The zero-order valence-electron chi connectivity index (χ0n) is 10.3. The summed E-state index contributed by atoms with van der Waals surface area (Å²) in [7, 11) is 1.60. The molecule has 0 aliphatic heterocycles. The van der Waals surface area contributed by atoms with Gasteiger partial charge in [0.05, 0.1) is 13.0 Å². The Morgan fingerprint density at radius 3 is 2.71 bits per heavy atom. The van der Waals surface area contributed by atoms with Crippen LogP contribution in [0.15, 0.2) is 18.2 Å². The Morgan fingerprint density at radius 1 is 1.41 bits per heavy atom. The van der Waals surface area contributed by atoms with E-state index in [0.29, 0.717) is 12.0 Å². The van der Waals surface area contributed by atoms with Gasteiger partial charge >= 0.3 is 0 Å². The smallest absolute Gasteiger partial charge is 0.173 e. The number of benzene rings is 1. The van der Waals surface area contributed by atoms with Crippen molar-refractivity contribution in [1.29, 1.82) is 0 Å². The summed E-state index contributed by atoms with van der Waals surface area (Å²) in [6, 6.07) is 5.42. The van der Waals surface area contributed by atoms with Gasteiger partial charge in [-0.1, -0.05) is 13.8 Å². The quantitative estimate of drug-likeness (QED) is 0.580. The van der Waals surface area contributed by atoms with Gasteiger partial charge in [0.15, 0.2) is 5.78 Å². The van der Waals surface area contributed by atoms with Gasteiger partial charge in [0.1, 0.15) is 12.0 Å². The minimum absolute atomic E-state index is 0.0722. The molecular weight excluding hydrogens is 216 g/mol. The van der Waals surface area contributed by atoms with Gasteiger partial charge in [-0.3, -0.25) is 4.79 Å². The first-order valence-electron chi connectivity index (χ1n) is 5.67. The van der Waals surface area contributed by atoms with Crippen LogP contribution >= 0.6 is 0 Å². The Morgan fingerprint density at radius 2 is 2.12 bits per heavy atom. The minimum atomic E-state index is -0.508. The van der Waals surface area contributed by atoms with Crippen LogP contribution < -0.4 is 4.74 Å². The van der Waals surface area contributed by atoms with E-state index in [1.807, 2.05) is 19.9 Å². The molecule has 1 aromatic rings. The minimum Gasteiger partial charge on any atom is -0.497 e. The number of hydrogen-bond acceptors (Lipinski definition) is 3. The number of carbonyl (C=O) groups is 2. The van der Waals surface area contributed by atoms with Crippen LogP contribution in [0.3, 0.4) is 0 Å². The second-order valence-electron chi connectivity index (χ2n) is 5.11. The van der Waals surface area contributed by atoms with Crippen molar-refractivity contribution >= 4 is 12.1 Å². The van der Waals surface area contributed by atoms with Crippen LogP contribution in [0.4, 0.5) is 0 Å². The molecule has 0 saturated heterocycles. The Labute approximate surface area is 101 Å². The Hall–Kier alpha value is -1.64. The molecule has 1 unspecified atom stereocenters. The van der Waals surface area contributed by atoms with E-state index in [4.69, 9.17) is 4.74 Å². The van der Waals surface area contributed by atoms with Gasteiger partial charge in [-0.15, -0.1) is 0 Å². The molecule has 0 saturated carbocycles. The lowest BCUT2D eigenvalue weighted by Gasteiger charge is -2.34. The average Bonchev–Trinajstić information content (AvgIpc) is 2.33. The summed E-state index contributed by atoms with van der Waals surface area (Å²) in [6.45, 7) is 4.10. The first-order valence-corrected chi connectivity index (χ1v) is 5.67. The van der Waals surface area contributed by atoms with Crippen LogP contribution in [0.25, 0.3) is 0 Å². The van der Waals surface area contributed by atoms with Gasteiger partial charge < -0.3 is 9.53 Å². The number of fused-ring (bicyclic) bond motifs is 1. The number of aldehydes is 1. The van der Waals surface area contributed by atoms with Gasteiger partial charge in [-0.2, -0.15) is 0 Å². The fraction of sp³-hybridized carbons (Fsp3) is 0.429. The molecule has 17 heavy (non-hydrogen) atoms. The third kappa shape index (κ3) is 1.86. The number of rotatable bonds is 2. The number of ether oxygens (including phenoxy) is 1. The van der Waals surface area contributed by atoms with Gasteiger partial charge in [0.2, 0.25) is 0 Å². The maximum atomic E-state index is 12.1. The predicted molar refractivity (Wildman–Crippen MR) is 64.5 cm³/mol. The fourth-order valence-electron chi connectivity index (χ4n) is 2.49. The van der Waals surface area contributed by atoms with E-state index in [1.54, 1.807) is 19.2 Å². The summed E-state index contributed by atoms with van der Waals surface area (Å²) in [6.07, 6.45) is 1.33. The van der Waals surface area contributed by atoms with Crippen molar-refractivity contribution in [3.8, 4) is 5.75 Å². The van der Waals surface area contributed by atoms with Gasteiger partial charge in [-0.05, 0) is 35.6 Å². The first-order chi connectivity index (χ1) is 7.99. The number of hydrogen-bond donors (Lipinski definition) is 0. The third-order valence-corrected chi connectivity index (χ3v) is 3.45. The third-order valence-electron chi connectivity index (χ3n) is 3.45. The molecule has 0 amide bonds. The Balaban J connectivity index is 2.59. The maximum absolute atomic E-state index is 12.1. The molecule has 90 valence electrons. The van der Waals surface area contributed by atoms with Gasteiger partial charge in [0, 0.05) is 5.56 Å². The zero-order valence-corrected chi connectivity index (χ0v) is 10.3. The molecule has 0 bridgehead atoms. The number of methoxy groups -OCH3 is 1. The molecule has 0 heterocycles. The lowest BCUT2D eigenvalue weighted by Crippen LogP contribution is -2.35. The molecule has 1 aromatic carbocycles. The van der Waals surface area contributed by atoms with Gasteiger partial charge in [-0.25, -0.2) is 0 Å². The Kier molecular flexibility index (Phi) is 2.77. The molecule has 0 radical (unpaired) electrons. The molecule has 1 aliphatic carbocycles. The van der Waals surface area contributed by atoms with Crippen molar-refractivity contribution in [2.75, 3.05) is 7.11 Å². The van der Waals surface area contributed by atoms with Crippen LogP contribution in [-0.4, -0.2) is 19.2 Å². The fourth-order valence-corrected chi connectivity index (χ4v) is 2.49. The molecule has 3 nitrogen and oxygen atoms in total. The molecule has 1 atom stereocenters. The van der Waals surface area contributed by atoms with Crippen LogP contribution in [0.5, 0.6) is 5.75 Å². The number of ketones is 1. The van der Waals surface area contributed by atoms with Crippen molar-refractivity contribution in [1.82, 2.24) is 0 Å². The maximum Gasteiger partial charge on any atom is 0.173 e. The predicted octanol–water partition coefficient (Wildman–Crippen LogP) is 2.37. The topological polar surface area (TPSA) is 43.4 Å². The average molecular weight is 232 g/mol. The van der Waals surface area contributed by atoms with Crippen molar-refractivity contribution in [2.24, 2.45) is 5.92 Å². The summed E-state index contributed by atoms with van der Waals surface area (Å²) in [4.78, 5) is 23.0. The van der Waals surface area contributed by atoms with Crippen molar-refractivity contribution in [3.63, 3.8) is 0 Å². The molecule has 0 spiro atoms. The van der Waals surface area contributed by atoms with Crippen LogP contribution in [0.2, 0.25) is 0 Å². The summed E-state index contributed by atoms with van der Waals surface area (Å²) < 4.78 is 5.18. The van der Waals surface area contributed by atoms with E-state index in [2.05, 4.69) is 0 Å². The van der Waals surface area contributed by atoms with E-state index in [-0.39, 0.29) is 11.2 Å². The molecule has 0 aromatic heterocycles. The molecule has 0 N–H and O–H groups in total. The SMILES string of the molecule is COc1ccc2c(c1)C(C)(C)CC(C=O)C2=O. The van der Waals surface area contributed by atoms with Gasteiger partial charge in [0.25, 0.3) is 0 Å². The second kappa shape index (κ2) is 3.99. The van der Waals surface area contributed by atoms with E-state index < -0.39 is 5.92 Å². The zero-order chi connectivity index (χ0) is 12.6. The first kappa shape index (κ1) is 11.8. The highest BCUT2D eigenvalue weighted by Crippen LogP contribution is 2.40. The molecule has 0 fully saturated rings. The summed E-state index contributed by atoms with van der Waals surface area (Å²) in [5, 5.41) is 0. The monoisotopic (exact) mass is 232 g/mol. The summed E-state index contributed by atoms with van der Waals surface area (Å²) in [5.74, 6) is 0.164.